The van der Waals surface area contributed by atoms with Crippen LogP contribution in [0.3, 0.4) is 0 Å². The number of carbonyl (C=O) groups excluding carboxylic acids is 3. The monoisotopic (exact) mass is 441 g/mol. The number of benzene rings is 3. The maximum atomic E-state index is 12.9. The number of rotatable bonds is 7. The van der Waals surface area contributed by atoms with Gasteiger partial charge in [0.25, 0.3) is 11.8 Å². The molecule has 1 saturated heterocycles. The molecule has 0 aromatic heterocycles. The van der Waals surface area contributed by atoms with E-state index in [1.807, 2.05) is 49.4 Å². The van der Waals surface area contributed by atoms with E-state index in [0.29, 0.717) is 17.0 Å². The molecule has 3 aromatic carbocycles. The van der Waals surface area contributed by atoms with Crippen LogP contribution in [-0.4, -0.2) is 29.4 Å². The fourth-order valence-corrected chi connectivity index (χ4v) is 3.46. The molecule has 1 fully saturated rings. The van der Waals surface area contributed by atoms with Crippen LogP contribution >= 0.6 is 0 Å². The quantitative estimate of drug-likeness (QED) is 0.427. The van der Waals surface area contributed by atoms with Crippen molar-refractivity contribution in [2.75, 3.05) is 11.9 Å². The van der Waals surface area contributed by atoms with Gasteiger partial charge in [-0.15, -0.1) is 0 Å². The van der Waals surface area contributed by atoms with Gasteiger partial charge in [0.05, 0.1) is 6.54 Å². The molecule has 1 aliphatic rings. The van der Waals surface area contributed by atoms with Gasteiger partial charge in [0.2, 0.25) is 0 Å². The smallest absolute Gasteiger partial charge is 0.329 e. The number of anilines is 1. The van der Waals surface area contributed by atoms with Gasteiger partial charge in [-0.05, 0) is 36.8 Å². The van der Waals surface area contributed by atoms with Crippen LogP contribution in [-0.2, 0) is 16.1 Å². The van der Waals surface area contributed by atoms with E-state index in [1.165, 1.54) is 0 Å². The first-order valence-corrected chi connectivity index (χ1v) is 10.5. The van der Waals surface area contributed by atoms with E-state index in [1.54, 1.807) is 42.5 Å². The van der Waals surface area contributed by atoms with Crippen molar-refractivity contribution >= 4 is 29.6 Å². The summed E-state index contributed by atoms with van der Waals surface area (Å²) >= 11 is 0. The second-order valence-corrected chi connectivity index (χ2v) is 7.61. The van der Waals surface area contributed by atoms with Gasteiger partial charge in [0, 0.05) is 11.3 Å². The van der Waals surface area contributed by atoms with E-state index in [-0.39, 0.29) is 24.8 Å². The zero-order valence-electron chi connectivity index (χ0n) is 18.1. The van der Waals surface area contributed by atoms with E-state index >= 15 is 0 Å². The fourth-order valence-electron chi connectivity index (χ4n) is 3.46. The summed E-state index contributed by atoms with van der Waals surface area (Å²) in [5.74, 6) is -0.302. The number of carbonyl (C=O) groups is 3. The molecule has 0 spiro atoms. The maximum absolute atomic E-state index is 12.9. The van der Waals surface area contributed by atoms with Crippen molar-refractivity contribution in [1.29, 1.82) is 0 Å². The van der Waals surface area contributed by atoms with Crippen molar-refractivity contribution < 1.29 is 19.1 Å². The SMILES string of the molecule is Cc1cccc(CN2C(=O)N/C(=C/c3ccccc3OCC(=O)Nc3ccccc3)C2=O)c1. The van der Waals surface area contributed by atoms with Crippen molar-refractivity contribution in [3.8, 4) is 5.75 Å². The van der Waals surface area contributed by atoms with Crippen LogP contribution in [0.2, 0.25) is 0 Å². The summed E-state index contributed by atoms with van der Waals surface area (Å²) in [5, 5.41) is 5.38. The predicted octanol–water partition coefficient (Wildman–Crippen LogP) is 4.11. The highest BCUT2D eigenvalue weighted by atomic mass is 16.5. The third-order valence-corrected chi connectivity index (χ3v) is 5.02. The van der Waals surface area contributed by atoms with Gasteiger partial charge >= 0.3 is 6.03 Å². The first-order chi connectivity index (χ1) is 16.0. The Morgan fingerprint density at radius 2 is 1.76 bits per heavy atom. The summed E-state index contributed by atoms with van der Waals surface area (Å²) in [6.07, 6.45) is 1.56. The normalized spacial score (nSPS) is 14.3. The lowest BCUT2D eigenvalue weighted by molar-refractivity contribution is -0.123. The molecule has 7 heteroatoms. The van der Waals surface area contributed by atoms with Gasteiger partial charge in [0.1, 0.15) is 11.4 Å². The molecule has 3 aromatic rings. The van der Waals surface area contributed by atoms with E-state index in [9.17, 15) is 14.4 Å². The molecule has 2 N–H and O–H groups in total. The van der Waals surface area contributed by atoms with Crippen LogP contribution < -0.4 is 15.4 Å². The highest BCUT2D eigenvalue weighted by Crippen LogP contribution is 2.23. The number of aryl methyl sites for hydroxylation is 1. The largest absolute Gasteiger partial charge is 0.483 e. The molecular weight excluding hydrogens is 418 g/mol. The van der Waals surface area contributed by atoms with Gasteiger partial charge in [-0.2, -0.15) is 0 Å². The van der Waals surface area contributed by atoms with Crippen molar-refractivity contribution in [3.63, 3.8) is 0 Å². The lowest BCUT2D eigenvalue weighted by Crippen LogP contribution is -2.30. The molecule has 0 saturated carbocycles. The summed E-state index contributed by atoms with van der Waals surface area (Å²) in [5.41, 5.74) is 3.32. The summed E-state index contributed by atoms with van der Waals surface area (Å²) < 4.78 is 5.68. The van der Waals surface area contributed by atoms with Crippen molar-refractivity contribution in [1.82, 2.24) is 10.2 Å². The van der Waals surface area contributed by atoms with Crippen molar-refractivity contribution in [3.05, 3.63) is 101 Å². The Kier molecular flexibility index (Phi) is 6.50. The van der Waals surface area contributed by atoms with E-state index in [0.717, 1.165) is 16.0 Å². The average Bonchev–Trinajstić information content (AvgIpc) is 3.06. The minimum Gasteiger partial charge on any atom is -0.483 e. The van der Waals surface area contributed by atoms with E-state index < -0.39 is 11.9 Å². The summed E-state index contributed by atoms with van der Waals surface area (Å²) in [7, 11) is 0. The summed E-state index contributed by atoms with van der Waals surface area (Å²) in [6, 6.07) is 23.3. The Morgan fingerprint density at radius 3 is 2.55 bits per heavy atom. The Morgan fingerprint density at radius 1 is 1.00 bits per heavy atom. The summed E-state index contributed by atoms with van der Waals surface area (Å²) in [4.78, 5) is 38.6. The Balaban J connectivity index is 1.45. The molecule has 0 bridgehead atoms. The molecule has 1 aliphatic heterocycles. The molecule has 0 radical (unpaired) electrons. The lowest BCUT2D eigenvalue weighted by atomic mass is 10.1. The van der Waals surface area contributed by atoms with Crippen LogP contribution in [0, 0.1) is 6.92 Å². The van der Waals surface area contributed by atoms with Crippen LogP contribution in [0.1, 0.15) is 16.7 Å². The van der Waals surface area contributed by atoms with E-state index in [4.69, 9.17) is 4.74 Å². The molecule has 4 rings (SSSR count). The molecule has 0 aliphatic carbocycles. The maximum Gasteiger partial charge on any atom is 0.329 e. The van der Waals surface area contributed by atoms with Gasteiger partial charge in [-0.25, -0.2) is 4.79 Å². The second kappa shape index (κ2) is 9.82. The second-order valence-electron chi connectivity index (χ2n) is 7.61. The zero-order chi connectivity index (χ0) is 23.2. The molecule has 33 heavy (non-hydrogen) atoms. The molecular formula is C26H23N3O4. The van der Waals surface area contributed by atoms with Gasteiger partial charge in [-0.3, -0.25) is 14.5 Å². The molecule has 4 amide bonds. The highest BCUT2D eigenvalue weighted by molar-refractivity contribution is 6.14. The standard InChI is InChI=1S/C26H23N3O4/c1-18-8-7-9-19(14-18)16-29-25(31)22(28-26(29)32)15-20-10-5-6-13-23(20)33-17-24(30)27-21-11-3-2-4-12-21/h2-15H,16-17H2,1H3,(H,27,30)(H,28,32)/b22-15+. The number of nitrogens with zero attached hydrogens (tertiary/aromatic N) is 1. The van der Waals surface area contributed by atoms with Crippen molar-refractivity contribution in [2.24, 2.45) is 0 Å². The van der Waals surface area contributed by atoms with E-state index in [2.05, 4.69) is 10.6 Å². The van der Waals surface area contributed by atoms with Crippen LogP contribution in [0.5, 0.6) is 5.75 Å². The first-order valence-electron chi connectivity index (χ1n) is 10.5. The number of ether oxygens (including phenoxy) is 1. The third kappa shape index (κ3) is 5.46. The molecule has 7 nitrogen and oxygen atoms in total. The Labute approximate surface area is 191 Å². The lowest BCUT2D eigenvalue weighted by Gasteiger charge is -2.12. The first kappa shape index (κ1) is 21.8. The van der Waals surface area contributed by atoms with Crippen LogP contribution in [0.4, 0.5) is 10.5 Å². The Hall–Kier alpha value is -4.39. The Bertz CT molecular complexity index is 1220. The number of urea groups is 1. The number of amides is 4. The number of hydrogen-bond acceptors (Lipinski definition) is 4. The topological polar surface area (TPSA) is 87.7 Å². The predicted molar refractivity (Wildman–Crippen MR) is 125 cm³/mol. The number of nitrogens with one attached hydrogen (secondary N) is 2. The number of para-hydroxylation sites is 2. The van der Waals surface area contributed by atoms with Gasteiger partial charge in [-0.1, -0.05) is 66.2 Å². The average molecular weight is 441 g/mol. The molecule has 0 unspecified atom stereocenters. The zero-order valence-corrected chi connectivity index (χ0v) is 18.1. The molecule has 0 atom stereocenters. The molecule has 1 heterocycles. The fraction of sp³-hybridized carbons (Fsp3) is 0.115. The minimum atomic E-state index is -0.478. The third-order valence-electron chi connectivity index (χ3n) is 5.02. The van der Waals surface area contributed by atoms with Gasteiger partial charge < -0.3 is 15.4 Å². The van der Waals surface area contributed by atoms with Gasteiger partial charge in [0.15, 0.2) is 6.61 Å². The van der Waals surface area contributed by atoms with Crippen LogP contribution in [0.15, 0.2) is 84.6 Å². The van der Waals surface area contributed by atoms with Crippen LogP contribution in [0.25, 0.3) is 6.08 Å². The van der Waals surface area contributed by atoms with Crippen molar-refractivity contribution in [2.45, 2.75) is 13.5 Å². The molecule has 166 valence electrons. The number of hydrogen-bond donors (Lipinski definition) is 2. The summed E-state index contributed by atoms with van der Waals surface area (Å²) in [6.45, 7) is 1.94. The number of imide groups is 1. The highest BCUT2D eigenvalue weighted by Gasteiger charge is 2.33. The minimum absolute atomic E-state index is 0.150.